The number of carbonyl (C=O) groups is 3. The average Bonchev–Trinajstić information content (AvgIpc) is 2.51. The minimum atomic E-state index is -1.20. The molecule has 0 spiro atoms. The molecule has 0 saturated heterocycles. The molecule has 0 bridgehead atoms. The third-order valence-electron chi connectivity index (χ3n) is 2.86. The van der Waals surface area contributed by atoms with Gasteiger partial charge in [-0.1, -0.05) is 18.2 Å². The average molecular weight is 336 g/mol. The Morgan fingerprint density at radius 2 is 1.96 bits per heavy atom. The Bertz CT molecular complexity index is 619. The van der Waals surface area contributed by atoms with Gasteiger partial charge in [0.05, 0.1) is 19.4 Å². The molecule has 0 aliphatic heterocycles. The van der Waals surface area contributed by atoms with E-state index in [1.54, 1.807) is 18.2 Å². The topological polar surface area (TPSA) is 99.1 Å². The number of hydrogen-bond donors (Lipinski definition) is 1. The Hall–Kier alpha value is -2.67. The molecule has 24 heavy (non-hydrogen) atoms. The SMILES string of the molecule is COCCOC(=O)C(=CCC(=O)Oc1cccc(C)c1)CC(=O)O. The summed E-state index contributed by atoms with van der Waals surface area (Å²) in [5.74, 6) is -2.21. The number of aliphatic carboxylic acids is 1. The maximum Gasteiger partial charge on any atom is 0.334 e. The fraction of sp³-hybridized carbons (Fsp3) is 0.353. The number of carboxylic acid groups (broad SMARTS) is 1. The van der Waals surface area contributed by atoms with Crippen LogP contribution in [-0.2, 0) is 23.9 Å². The van der Waals surface area contributed by atoms with Crippen LogP contribution in [0.15, 0.2) is 35.9 Å². The molecular weight excluding hydrogens is 316 g/mol. The molecule has 1 rings (SSSR count). The van der Waals surface area contributed by atoms with Crippen LogP contribution >= 0.6 is 0 Å². The second-order valence-electron chi connectivity index (χ2n) is 4.92. The number of carboxylic acids is 1. The fourth-order valence-corrected chi connectivity index (χ4v) is 1.76. The lowest BCUT2D eigenvalue weighted by molar-refractivity contribution is -0.143. The van der Waals surface area contributed by atoms with E-state index in [-0.39, 0.29) is 25.2 Å². The van der Waals surface area contributed by atoms with Crippen LogP contribution < -0.4 is 4.74 Å². The fourth-order valence-electron chi connectivity index (χ4n) is 1.76. The minimum absolute atomic E-state index is 0.0000308. The Morgan fingerprint density at radius 3 is 2.58 bits per heavy atom. The van der Waals surface area contributed by atoms with Crippen molar-refractivity contribution in [1.29, 1.82) is 0 Å². The summed E-state index contributed by atoms with van der Waals surface area (Å²) in [5.41, 5.74) is 0.823. The molecule has 1 N–H and O–H groups in total. The highest BCUT2D eigenvalue weighted by atomic mass is 16.6. The van der Waals surface area contributed by atoms with Crippen molar-refractivity contribution < 1.29 is 33.7 Å². The summed E-state index contributed by atoms with van der Waals surface area (Å²) in [6.07, 6.45) is 0.431. The molecule has 7 nitrogen and oxygen atoms in total. The highest BCUT2D eigenvalue weighted by Gasteiger charge is 2.16. The van der Waals surface area contributed by atoms with Crippen molar-refractivity contribution in [2.45, 2.75) is 19.8 Å². The second-order valence-corrected chi connectivity index (χ2v) is 4.92. The minimum Gasteiger partial charge on any atom is -0.481 e. The van der Waals surface area contributed by atoms with Crippen LogP contribution in [0.2, 0.25) is 0 Å². The molecule has 0 fully saturated rings. The smallest absolute Gasteiger partial charge is 0.334 e. The van der Waals surface area contributed by atoms with Gasteiger partial charge in [-0.3, -0.25) is 9.59 Å². The summed E-state index contributed by atoms with van der Waals surface area (Å²) < 4.78 is 14.7. The van der Waals surface area contributed by atoms with Gasteiger partial charge in [0.1, 0.15) is 12.4 Å². The molecule has 0 heterocycles. The van der Waals surface area contributed by atoms with Gasteiger partial charge < -0.3 is 19.3 Å². The zero-order valence-electron chi connectivity index (χ0n) is 13.6. The molecular formula is C17H20O7. The maximum atomic E-state index is 11.8. The van der Waals surface area contributed by atoms with E-state index in [0.717, 1.165) is 5.56 Å². The molecule has 0 radical (unpaired) electrons. The summed E-state index contributed by atoms with van der Waals surface area (Å²) in [7, 11) is 1.45. The summed E-state index contributed by atoms with van der Waals surface area (Å²) in [6.45, 7) is 2.06. The van der Waals surface area contributed by atoms with Crippen molar-refractivity contribution in [3.63, 3.8) is 0 Å². The van der Waals surface area contributed by atoms with Gasteiger partial charge in [0.25, 0.3) is 0 Å². The molecule has 1 aromatic carbocycles. The van der Waals surface area contributed by atoms with Gasteiger partial charge in [0, 0.05) is 12.7 Å². The zero-order chi connectivity index (χ0) is 17.9. The van der Waals surface area contributed by atoms with E-state index in [9.17, 15) is 14.4 Å². The highest BCUT2D eigenvalue weighted by molar-refractivity contribution is 5.94. The number of aryl methyl sites for hydroxylation is 1. The van der Waals surface area contributed by atoms with Crippen molar-refractivity contribution in [1.82, 2.24) is 0 Å². The second kappa shape index (κ2) is 10.2. The molecule has 7 heteroatoms. The number of benzene rings is 1. The van der Waals surface area contributed by atoms with Gasteiger partial charge in [0.15, 0.2) is 0 Å². The van der Waals surface area contributed by atoms with Crippen LogP contribution in [0.5, 0.6) is 5.75 Å². The molecule has 0 aromatic heterocycles. The van der Waals surface area contributed by atoms with Gasteiger partial charge in [-0.25, -0.2) is 4.79 Å². The third-order valence-corrected chi connectivity index (χ3v) is 2.86. The van der Waals surface area contributed by atoms with E-state index in [1.165, 1.54) is 13.2 Å². The number of methoxy groups -OCH3 is 1. The molecule has 0 aliphatic carbocycles. The van der Waals surface area contributed by atoms with Gasteiger partial charge in [-0.2, -0.15) is 0 Å². The van der Waals surface area contributed by atoms with Crippen molar-refractivity contribution in [2.75, 3.05) is 20.3 Å². The van der Waals surface area contributed by atoms with Crippen LogP contribution in [-0.4, -0.2) is 43.3 Å². The Labute approximate surface area is 139 Å². The van der Waals surface area contributed by atoms with Gasteiger partial charge in [-0.15, -0.1) is 0 Å². The molecule has 0 aliphatic rings. The Balaban J connectivity index is 2.66. The first kappa shape index (κ1) is 19.4. The number of hydrogen-bond acceptors (Lipinski definition) is 6. The van der Waals surface area contributed by atoms with Crippen molar-refractivity contribution in [2.24, 2.45) is 0 Å². The molecule has 130 valence electrons. The summed E-state index contributed by atoms with van der Waals surface area (Å²) in [4.78, 5) is 34.4. The van der Waals surface area contributed by atoms with E-state index >= 15 is 0 Å². The lowest BCUT2D eigenvalue weighted by Crippen LogP contribution is -2.15. The van der Waals surface area contributed by atoms with E-state index in [1.807, 2.05) is 13.0 Å². The van der Waals surface area contributed by atoms with Crippen molar-refractivity contribution in [3.05, 3.63) is 41.5 Å². The summed E-state index contributed by atoms with van der Waals surface area (Å²) >= 11 is 0. The largest absolute Gasteiger partial charge is 0.481 e. The first-order chi connectivity index (χ1) is 11.4. The van der Waals surface area contributed by atoms with Gasteiger partial charge in [0.2, 0.25) is 0 Å². The molecule has 0 amide bonds. The highest BCUT2D eigenvalue weighted by Crippen LogP contribution is 2.14. The lowest BCUT2D eigenvalue weighted by Gasteiger charge is -2.07. The van der Waals surface area contributed by atoms with Gasteiger partial charge in [-0.05, 0) is 24.6 Å². The van der Waals surface area contributed by atoms with Crippen LogP contribution in [0.1, 0.15) is 18.4 Å². The Morgan fingerprint density at radius 1 is 1.21 bits per heavy atom. The number of rotatable bonds is 9. The Kier molecular flexibility index (Phi) is 8.21. The zero-order valence-corrected chi connectivity index (χ0v) is 13.6. The summed E-state index contributed by atoms with van der Waals surface area (Å²) in [6, 6.07) is 6.93. The van der Waals surface area contributed by atoms with Crippen LogP contribution in [0.3, 0.4) is 0 Å². The van der Waals surface area contributed by atoms with Crippen LogP contribution in [0.25, 0.3) is 0 Å². The first-order valence-corrected chi connectivity index (χ1v) is 7.26. The monoisotopic (exact) mass is 336 g/mol. The predicted octanol–water partition coefficient (Wildman–Crippen LogP) is 1.88. The van der Waals surface area contributed by atoms with Crippen LogP contribution in [0, 0.1) is 6.92 Å². The van der Waals surface area contributed by atoms with E-state index < -0.39 is 24.3 Å². The molecule has 1 aromatic rings. The molecule has 0 unspecified atom stereocenters. The quantitative estimate of drug-likeness (QED) is 0.318. The summed E-state index contributed by atoms with van der Waals surface area (Å²) in [5, 5.41) is 8.85. The van der Waals surface area contributed by atoms with Crippen molar-refractivity contribution in [3.8, 4) is 5.75 Å². The normalized spacial score (nSPS) is 11.0. The lowest BCUT2D eigenvalue weighted by atomic mass is 10.1. The van der Waals surface area contributed by atoms with E-state index in [2.05, 4.69) is 0 Å². The predicted molar refractivity (Wildman–Crippen MR) is 84.6 cm³/mol. The van der Waals surface area contributed by atoms with E-state index in [0.29, 0.717) is 5.75 Å². The third kappa shape index (κ3) is 7.55. The first-order valence-electron chi connectivity index (χ1n) is 7.26. The number of ether oxygens (including phenoxy) is 3. The number of carbonyl (C=O) groups excluding carboxylic acids is 2. The maximum absolute atomic E-state index is 11.8. The van der Waals surface area contributed by atoms with Gasteiger partial charge >= 0.3 is 17.9 Å². The van der Waals surface area contributed by atoms with E-state index in [4.69, 9.17) is 19.3 Å². The molecule has 0 saturated carbocycles. The molecule has 0 atom stereocenters. The van der Waals surface area contributed by atoms with Crippen LogP contribution in [0.4, 0.5) is 0 Å². The number of esters is 2. The van der Waals surface area contributed by atoms with Crippen molar-refractivity contribution >= 4 is 17.9 Å². The standard InChI is InChI=1S/C17H20O7/c1-12-4-3-5-14(10-12)24-16(20)7-6-13(11-15(18)19)17(21)23-9-8-22-2/h3-6,10H,7-9,11H2,1-2H3,(H,18,19).